The molecule has 166 valence electrons. The zero-order valence-corrected chi connectivity index (χ0v) is 18.3. The molecule has 0 atom stereocenters. The van der Waals surface area contributed by atoms with Crippen molar-refractivity contribution in [1.29, 1.82) is 0 Å². The van der Waals surface area contributed by atoms with E-state index in [1.807, 2.05) is 23.1 Å². The molecule has 0 aliphatic carbocycles. The van der Waals surface area contributed by atoms with Crippen molar-refractivity contribution < 1.29 is 17.9 Å². The van der Waals surface area contributed by atoms with E-state index in [2.05, 4.69) is 9.97 Å². The van der Waals surface area contributed by atoms with Gasteiger partial charge < -0.3 is 14.5 Å². The quantitative estimate of drug-likeness (QED) is 0.653. The topological polar surface area (TPSA) is 109 Å². The summed E-state index contributed by atoms with van der Waals surface area (Å²) < 4.78 is 31.1. The molecule has 4 rings (SSSR count). The van der Waals surface area contributed by atoms with Gasteiger partial charge in [0.25, 0.3) is 5.91 Å². The van der Waals surface area contributed by atoms with Crippen molar-refractivity contribution in [1.82, 2.24) is 24.2 Å². The predicted molar refractivity (Wildman–Crippen MR) is 115 cm³/mol. The molecule has 10 nitrogen and oxygen atoms in total. The zero-order valence-electron chi connectivity index (χ0n) is 17.5. The molecule has 0 aromatic carbocycles. The molecular weight excluding hydrogens is 420 g/mol. The van der Waals surface area contributed by atoms with E-state index in [1.165, 1.54) is 4.31 Å². The number of anilines is 1. The van der Waals surface area contributed by atoms with Crippen molar-refractivity contribution >= 4 is 21.9 Å². The summed E-state index contributed by atoms with van der Waals surface area (Å²) in [5.41, 5.74) is 1.43. The number of ether oxygens (including phenoxy) is 1. The Bertz CT molecular complexity index is 1020. The van der Waals surface area contributed by atoms with Gasteiger partial charge in [-0.15, -0.1) is 0 Å². The van der Waals surface area contributed by atoms with Crippen molar-refractivity contribution in [2.45, 2.75) is 6.92 Å². The summed E-state index contributed by atoms with van der Waals surface area (Å²) in [4.78, 5) is 30.5. The van der Waals surface area contributed by atoms with Crippen LogP contribution in [0.4, 0.5) is 5.95 Å². The van der Waals surface area contributed by atoms with Crippen molar-refractivity contribution in [2.75, 3.05) is 63.1 Å². The number of piperazine rings is 1. The van der Waals surface area contributed by atoms with Crippen LogP contribution in [0.3, 0.4) is 0 Å². The fourth-order valence-corrected chi connectivity index (χ4v) is 4.75. The molecule has 11 heteroatoms. The lowest BCUT2D eigenvalue weighted by molar-refractivity contribution is 0.0698. The molecular formula is C20H26N6O4S. The van der Waals surface area contributed by atoms with Crippen LogP contribution in [0.1, 0.15) is 17.3 Å². The Morgan fingerprint density at radius 2 is 1.81 bits per heavy atom. The molecule has 0 bridgehead atoms. The molecule has 2 aromatic rings. The molecule has 1 amide bonds. The van der Waals surface area contributed by atoms with E-state index in [0.717, 1.165) is 0 Å². The SMILES string of the molecule is CCS(=O)(=O)N1CCN(C(=O)c2cnc(N3CCOCC3)nc2-c2ccccn2)CC1. The second kappa shape index (κ2) is 9.25. The lowest BCUT2D eigenvalue weighted by Crippen LogP contribution is -2.51. The summed E-state index contributed by atoms with van der Waals surface area (Å²) in [5.74, 6) is 0.379. The number of nitrogens with zero attached hydrogens (tertiary/aromatic N) is 6. The van der Waals surface area contributed by atoms with Gasteiger partial charge in [0.2, 0.25) is 16.0 Å². The number of carbonyl (C=O) groups is 1. The van der Waals surface area contributed by atoms with Crippen LogP contribution >= 0.6 is 0 Å². The first-order valence-electron chi connectivity index (χ1n) is 10.4. The highest BCUT2D eigenvalue weighted by Crippen LogP contribution is 2.24. The van der Waals surface area contributed by atoms with E-state index in [0.29, 0.717) is 62.3 Å². The lowest BCUT2D eigenvalue weighted by Gasteiger charge is -2.34. The van der Waals surface area contributed by atoms with Gasteiger partial charge in [-0.25, -0.2) is 18.4 Å². The number of rotatable bonds is 5. The average Bonchev–Trinajstić information content (AvgIpc) is 2.84. The van der Waals surface area contributed by atoms with Crippen LogP contribution in [-0.2, 0) is 14.8 Å². The summed E-state index contributed by atoms with van der Waals surface area (Å²) in [7, 11) is -3.26. The van der Waals surface area contributed by atoms with Crippen LogP contribution in [0, 0.1) is 0 Å². The first-order chi connectivity index (χ1) is 15.0. The van der Waals surface area contributed by atoms with Crippen LogP contribution in [0.25, 0.3) is 11.4 Å². The fourth-order valence-electron chi connectivity index (χ4n) is 3.67. The molecule has 2 aromatic heterocycles. The molecule has 31 heavy (non-hydrogen) atoms. The van der Waals surface area contributed by atoms with E-state index >= 15 is 0 Å². The Hall–Kier alpha value is -2.63. The van der Waals surface area contributed by atoms with Gasteiger partial charge in [-0.3, -0.25) is 9.78 Å². The van der Waals surface area contributed by atoms with Gasteiger partial charge in [-0.05, 0) is 19.1 Å². The molecule has 0 saturated carbocycles. The van der Waals surface area contributed by atoms with Crippen molar-refractivity contribution in [3.63, 3.8) is 0 Å². The molecule has 0 N–H and O–H groups in total. The first kappa shape index (κ1) is 21.6. The summed E-state index contributed by atoms with van der Waals surface area (Å²) in [5, 5.41) is 0. The molecule has 0 radical (unpaired) electrons. The van der Waals surface area contributed by atoms with E-state index in [1.54, 1.807) is 24.2 Å². The third-order valence-corrected chi connectivity index (χ3v) is 7.37. The minimum Gasteiger partial charge on any atom is -0.378 e. The second-order valence-electron chi connectivity index (χ2n) is 7.34. The minimum atomic E-state index is -3.26. The van der Waals surface area contributed by atoms with Gasteiger partial charge in [0.15, 0.2) is 0 Å². The molecule has 2 saturated heterocycles. The highest BCUT2D eigenvalue weighted by Gasteiger charge is 2.30. The Balaban J connectivity index is 1.60. The Labute approximate surface area is 181 Å². The predicted octanol–water partition coefficient (Wildman–Crippen LogP) is 0.483. The molecule has 2 fully saturated rings. The van der Waals surface area contributed by atoms with Crippen LogP contribution in [0.15, 0.2) is 30.6 Å². The first-order valence-corrected chi connectivity index (χ1v) is 12.0. The molecule has 2 aliphatic heterocycles. The van der Waals surface area contributed by atoms with E-state index in [-0.39, 0.29) is 24.7 Å². The summed E-state index contributed by atoms with van der Waals surface area (Å²) in [6.07, 6.45) is 3.22. The van der Waals surface area contributed by atoms with Gasteiger partial charge in [0.1, 0.15) is 5.69 Å². The van der Waals surface area contributed by atoms with E-state index < -0.39 is 10.0 Å². The van der Waals surface area contributed by atoms with Gasteiger partial charge in [-0.1, -0.05) is 6.07 Å². The standard InChI is InChI=1S/C20H26N6O4S/c1-2-31(28,29)26-9-7-24(8-10-26)19(27)16-15-22-20(25-11-13-30-14-12-25)23-18(16)17-5-3-4-6-21-17/h3-6,15H,2,7-14H2,1H3. The third kappa shape index (κ3) is 4.68. The number of aromatic nitrogens is 3. The zero-order chi connectivity index (χ0) is 21.8. The molecule has 0 spiro atoms. The number of pyridine rings is 1. The fraction of sp³-hybridized carbons (Fsp3) is 0.500. The number of hydrogen-bond donors (Lipinski definition) is 0. The maximum atomic E-state index is 13.3. The van der Waals surface area contributed by atoms with E-state index in [9.17, 15) is 13.2 Å². The number of hydrogen-bond acceptors (Lipinski definition) is 8. The van der Waals surface area contributed by atoms with Gasteiger partial charge in [-0.2, -0.15) is 4.31 Å². The van der Waals surface area contributed by atoms with E-state index in [4.69, 9.17) is 9.72 Å². The minimum absolute atomic E-state index is 0.0572. The highest BCUT2D eigenvalue weighted by atomic mass is 32.2. The second-order valence-corrected chi connectivity index (χ2v) is 9.60. The van der Waals surface area contributed by atoms with Crippen molar-refractivity contribution in [3.8, 4) is 11.4 Å². The molecule has 0 unspecified atom stereocenters. The van der Waals surface area contributed by atoms with Crippen LogP contribution in [0.5, 0.6) is 0 Å². The van der Waals surface area contributed by atoms with Crippen LogP contribution in [0.2, 0.25) is 0 Å². The molecule has 4 heterocycles. The monoisotopic (exact) mass is 446 g/mol. The smallest absolute Gasteiger partial charge is 0.257 e. The van der Waals surface area contributed by atoms with Gasteiger partial charge >= 0.3 is 0 Å². The maximum absolute atomic E-state index is 13.3. The Morgan fingerprint density at radius 1 is 1.06 bits per heavy atom. The highest BCUT2D eigenvalue weighted by molar-refractivity contribution is 7.89. The van der Waals surface area contributed by atoms with Gasteiger partial charge in [0, 0.05) is 51.7 Å². The maximum Gasteiger partial charge on any atom is 0.257 e. The van der Waals surface area contributed by atoms with Crippen LogP contribution in [-0.4, -0.2) is 96.7 Å². The Kier molecular flexibility index (Phi) is 6.44. The summed E-state index contributed by atoms with van der Waals surface area (Å²) >= 11 is 0. The largest absolute Gasteiger partial charge is 0.378 e. The number of amides is 1. The normalized spacial score (nSPS) is 18.2. The number of carbonyl (C=O) groups excluding carboxylic acids is 1. The van der Waals surface area contributed by atoms with Crippen molar-refractivity contribution in [2.24, 2.45) is 0 Å². The summed E-state index contributed by atoms with van der Waals surface area (Å²) in [6, 6.07) is 5.47. The third-order valence-electron chi connectivity index (χ3n) is 5.49. The lowest BCUT2D eigenvalue weighted by atomic mass is 10.1. The average molecular weight is 447 g/mol. The molecule has 2 aliphatic rings. The van der Waals surface area contributed by atoms with Crippen LogP contribution < -0.4 is 4.90 Å². The Morgan fingerprint density at radius 3 is 2.45 bits per heavy atom. The van der Waals surface area contributed by atoms with Crippen molar-refractivity contribution in [3.05, 3.63) is 36.2 Å². The van der Waals surface area contributed by atoms with Gasteiger partial charge in [0.05, 0.1) is 30.2 Å². The number of sulfonamides is 1. The summed E-state index contributed by atoms with van der Waals surface area (Å²) in [6.45, 7) is 5.42. The number of morpholine rings is 1.